The average Bonchev–Trinajstić information content (AvgIpc) is 0.739. The maximum absolute atomic E-state index is 2.27. The van der Waals surface area contributed by atoms with Crippen molar-refractivity contribution >= 4 is 118 Å². The molecule has 0 atom stereocenters. The Kier molecular flexibility index (Phi) is 30.7. The Morgan fingerprint density at radius 2 is 0.341 bits per heavy atom. The molecule has 0 heteroatoms. The molecule has 0 aliphatic rings. The van der Waals surface area contributed by atoms with Crippen molar-refractivity contribution in [2.75, 3.05) is 0 Å². The summed E-state index contributed by atoms with van der Waals surface area (Å²) in [6.07, 6.45) is 0. The SMILES string of the molecule is Cc1ccc(-c2cccc3c(C)cccc23)cc1.Cc1ccc(C)cc1.Cc1ccc2c(C)cccc2c1.Cc1ccc2cc(C)ccc2c1.Cc1ccc2ccc(C)cc2c1.Cc1ccc2ccc3c(C)ccc4ccc1c2c43.Cc1ccc2ccc3ccc(C)c4ccc1c2c34.Cc1cccc(-c2cccc(C)c2)c1.Cc1cccc(C)c1.Cc1cccc2c(C)cccc12. The smallest absolute Gasteiger partial charge is 0.00240 e. The summed E-state index contributed by atoms with van der Waals surface area (Å²) in [6.45, 7) is 42.8. The molecule has 0 aliphatic carbocycles. The Balaban J connectivity index is 0.000000119. The molecule has 23 rings (SSSR count). The van der Waals surface area contributed by atoms with E-state index in [1.54, 1.807) is 0 Å². The molecule has 0 saturated carbocycles. The molecule has 0 N–H and O–H groups in total. The normalized spacial score (nSPS) is 10.7. The van der Waals surface area contributed by atoms with Crippen LogP contribution in [0.4, 0.5) is 0 Å². The molecule has 0 bridgehead atoms. The molecule has 23 aromatic rings. The van der Waals surface area contributed by atoms with Crippen molar-refractivity contribution in [2.45, 2.75) is 138 Å². The van der Waals surface area contributed by atoms with Gasteiger partial charge in [0.1, 0.15) is 0 Å². The Hall–Kier alpha value is -14.6. The molecule has 0 unspecified atom stereocenters. The molecule has 0 radical (unpaired) electrons. The highest BCUT2D eigenvalue weighted by atomic mass is 14.2. The first-order chi connectivity index (χ1) is 63.7. The van der Waals surface area contributed by atoms with E-state index in [4.69, 9.17) is 0 Å². The summed E-state index contributed by atoms with van der Waals surface area (Å²) in [4.78, 5) is 0. The lowest BCUT2D eigenvalue weighted by Gasteiger charge is -2.13. The van der Waals surface area contributed by atoms with Gasteiger partial charge in [-0.2, -0.15) is 0 Å². The molecule has 654 valence electrons. The van der Waals surface area contributed by atoms with Gasteiger partial charge in [-0.1, -0.05) is 467 Å². The predicted molar refractivity (Wildman–Crippen MR) is 585 cm³/mol. The molecule has 0 amide bonds. The third kappa shape index (κ3) is 23.4. The minimum absolute atomic E-state index is 1.29. The quantitative estimate of drug-likeness (QED) is 0.151. The van der Waals surface area contributed by atoms with E-state index in [-0.39, 0.29) is 0 Å². The van der Waals surface area contributed by atoms with Crippen LogP contribution < -0.4 is 0 Å². The van der Waals surface area contributed by atoms with Crippen LogP contribution in [0.5, 0.6) is 0 Å². The van der Waals surface area contributed by atoms with Crippen LogP contribution in [0.1, 0.15) is 111 Å². The number of rotatable bonds is 2. The van der Waals surface area contributed by atoms with Crippen LogP contribution >= 0.6 is 0 Å². The first kappa shape index (κ1) is 93.6. The second kappa shape index (κ2) is 43.2. The van der Waals surface area contributed by atoms with Crippen molar-refractivity contribution in [1.82, 2.24) is 0 Å². The minimum atomic E-state index is 1.29. The molecule has 0 spiro atoms. The lowest BCUT2D eigenvalue weighted by Crippen LogP contribution is -1.87. The van der Waals surface area contributed by atoms with Gasteiger partial charge in [0.05, 0.1) is 0 Å². The highest BCUT2D eigenvalue weighted by molar-refractivity contribution is 6.25. The first-order valence-corrected chi connectivity index (χ1v) is 46.6. The highest BCUT2D eigenvalue weighted by Gasteiger charge is 2.14. The van der Waals surface area contributed by atoms with E-state index in [9.17, 15) is 0 Å². The molecule has 23 aromatic carbocycles. The summed E-state index contributed by atoms with van der Waals surface area (Å²) >= 11 is 0. The maximum atomic E-state index is 2.27. The second-order valence-electron chi connectivity index (χ2n) is 36.5. The number of benzene rings is 23. The highest BCUT2D eigenvalue weighted by Crippen LogP contribution is 2.40. The molecule has 0 aromatic heterocycles. The van der Waals surface area contributed by atoms with Crippen LogP contribution in [-0.2, 0) is 0 Å². The number of fused-ring (bicyclic) bond motifs is 5. The van der Waals surface area contributed by atoms with Gasteiger partial charge in [0.25, 0.3) is 0 Å². The summed E-state index contributed by atoms with van der Waals surface area (Å²) in [5.41, 5.74) is 31.9. The molecule has 132 heavy (non-hydrogen) atoms. The fourth-order valence-electron chi connectivity index (χ4n) is 17.9. The van der Waals surface area contributed by atoms with Gasteiger partial charge in [0.2, 0.25) is 0 Å². The summed E-state index contributed by atoms with van der Waals surface area (Å²) in [5.74, 6) is 0. The Morgan fingerprint density at radius 3 is 0.712 bits per heavy atom. The summed E-state index contributed by atoms with van der Waals surface area (Å²) in [5, 5.41) is 30.1. The number of hydrogen-bond acceptors (Lipinski definition) is 0. The topological polar surface area (TPSA) is 0 Å². The molecular weight excluding hydrogens is 1590 g/mol. The van der Waals surface area contributed by atoms with E-state index < -0.39 is 0 Å². The zero-order valence-corrected chi connectivity index (χ0v) is 81.1. The first-order valence-electron chi connectivity index (χ1n) is 46.6. The minimum Gasteiger partial charge on any atom is -0.0617 e. The van der Waals surface area contributed by atoms with Crippen LogP contribution in [0.15, 0.2) is 400 Å². The van der Waals surface area contributed by atoms with Crippen LogP contribution in [0, 0.1) is 138 Å². The van der Waals surface area contributed by atoms with Crippen LogP contribution in [0.2, 0.25) is 0 Å². The third-order valence-corrected chi connectivity index (χ3v) is 25.4. The van der Waals surface area contributed by atoms with E-state index in [0.717, 1.165) is 0 Å². The van der Waals surface area contributed by atoms with Gasteiger partial charge in [0.15, 0.2) is 0 Å². The average molecular weight is 1710 g/mol. The molecule has 0 saturated heterocycles. The van der Waals surface area contributed by atoms with Crippen molar-refractivity contribution in [3.63, 3.8) is 0 Å². The van der Waals surface area contributed by atoms with Crippen molar-refractivity contribution < 1.29 is 0 Å². The van der Waals surface area contributed by atoms with Crippen LogP contribution in [0.25, 0.3) is 141 Å². The van der Waals surface area contributed by atoms with Gasteiger partial charge < -0.3 is 0 Å². The van der Waals surface area contributed by atoms with Gasteiger partial charge in [0, 0.05) is 0 Å². The second-order valence-corrected chi connectivity index (χ2v) is 36.5. The Bertz CT molecular complexity index is 7450. The molecule has 0 heterocycles. The summed E-state index contributed by atoms with van der Waals surface area (Å²) in [7, 11) is 0. The maximum Gasteiger partial charge on any atom is -0.00240 e. The molecule has 0 nitrogen and oxygen atoms in total. The summed E-state index contributed by atoms with van der Waals surface area (Å²) < 4.78 is 0. The zero-order valence-electron chi connectivity index (χ0n) is 81.1. The monoisotopic (exact) mass is 1710 g/mol. The van der Waals surface area contributed by atoms with E-state index in [1.807, 2.05) is 0 Å². The van der Waals surface area contributed by atoms with Crippen molar-refractivity contribution in [3.8, 4) is 22.3 Å². The number of aryl methyl sites for hydroxylation is 20. The largest absolute Gasteiger partial charge is 0.0617 e. The summed E-state index contributed by atoms with van der Waals surface area (Å²) in [6, 6.07) is 144. The van der Waals surface area contributed by atoms with E-state index in [2.05, 4.69) is 539 Å². The molecule has 0 fully saturated rings. The molecular formula is C132H126. The van der Waals surface area contributed by atoms with Gasteiger partial charge in [-0.05, 0) is 324 Å². The third-order valence-electron chi connectivity index (χ3n) is 25.4. The van der Waals surface area contributed by atoms with Gasteiger partial charge in [-0.15, -0.1) is 0 Å². The van der Waals surface area contributed by atoms with E-state index >= 15 is 0 Å². The van der Waals surface area contributed by atoms with Crippen molar-refractivity contribution in [2.24, 2.45) is 0 Å². The predicted octanol–water partition coefficient (Wildman–Crippen LogP) is 37.9. The van der Waals surface area contributed by atoms with Gasteiger partial charge in [-0.25, -0.2) is 0 Å². The van der Waals surface area contributed by atoms with E-state index in [0.29, 0.717) is 0 Å². The lowest BCUT2D eigenvalue weighted by atomic mass is 9.91. The zero-order chi connectivity index (χ0) is 93.2. The van der Waals surface area contributed by atoms with Crippen LogP contribution in [-0.4, -0.2) is 0 Å². The van der Waals surface area contributed by atoms with Crippen molar-refractivity contribution in [1.29, 1.82) is 0 Å². The fourth-order valence-corrected chi connectivity index (χ4v) is 17.9. The Morgan fingerprint density at radius 1 is 0.106 bits per heavy atom. The van der Waals surface area contributed by atoms with Crippen molar-refractivity contribution in [3.05, 3.63) is 512 Å². The van der Waals surface area contributed by atoms with Crippen LogP contribution in [0.3, 0.4) is 0 Å². The van der Waals surface area contributed by atoms with Gasteiger partial charge >= 0.3 is 0 Å². The molecule has 0 aliphatic heterocycles. The lowest BCUT2D eigenvalue weighted by molar-refractivity contribution is 1.39. The fraction of sp³-hybridized carbons (Fsp3) is 0.152. The Labute approximate surface area is 785 Å². The van der Waals surface area contributed by atoms with E-state index in [1.165, 1.54) is 252 Å². The number of hydrogen-bond donors (Lipinski definition) is 0. The standard InChI is InChI=1S/2C18H14.C18H16.C14H14.4C12H12.2C8H10/c1-11-3-5-13-8-10-16-12(2)4-6-14-7-9-15(11)17(13)18(14)16;1-11-3-5-13-7-8-14-6-4-12(2)16-10-9-15(11)17(13)18(14)16;1-13-9-11-15(12-10-13)17-7-4-6-16-14(2)5-3-8-18(16)17;1-11-5-3-7-13(9-11)14-8-4-6-12(2)10-14;1-9-3-5-12-8-10(2)4-6-11(12)7-9;1-9-3-5-11-6-4-10(2)8-12(11)7-9;1-9-5-3-8-12-10(2)6-4-7-11(9)12;1-9-6-7-12-10(2)4-3-5-11(12)8-9;1-7-3-5-8(2)6-4-7;1-7-4-3-5-8(2)6-7/h2*3-10H,1-2H3;3-12H,1-2H3;3-10H,1-2H3;4*3-8H,1-2H3;2*3-6H,1-2H3. The van der Waals surface area contributed by atoms with Gasteiger partial charge in [-0.3, -0.25) is 0 Å².